The lowest BCUT2D eigenvalue weighted by molar-refractivity contribution is 0.233. The lowest BCUT2D eigenvalue weighted by Crippen LogP contribution is -2.41. The van der Waals surface area contributed by atoms with Crippen molar-refractivity contribution in [3.05, 3.63) is 43.0 Å². The van der Waals surface area contributed by atoms with Gasteiger partial charge in [0.1, 0.15) is 0 Å². The summed E-state index contributed by atoms with van der Waals surface area (Å²) in [6, 6.07) is 7.71. The van der Waals surface area contributed by atoms with Gasteiger partial charge in [0, 0.05) is 12.2 Å². The summed E-state index contributed by atoms with van der Waals surface area (Å²) in [6.07, 6.45) is 1.52. The molecule has 0 heterocycles. The molecule has 3 N–H and O–H groups in total. The standard InChI is InChI=1S/C11H13N3O2/c1-2-8-12-10(15)14-11(16)13-9-6-4-3-5-7-9/h2-7H,1,8H2,(H3,12,13,14,15,16). The molecule has 0 atom stereocenters. The summed E-state index contributed by atoms with van der Waals surface area (Å²) in [5.41, 5.74) is 0.622. The average molecular weight is 219 g/mol. The number of para-hydroxylation sites is 1. The highest BCUT2D eigenvalue weighted by atomic mass is 16.2. The van der Waals surface area contributed by atoms with Gasteiger partial charge in [-0.25, -0.2) is 9.59 Å². The Morgan fingerprint density at radius 2 is 1.88 bits per heavy atom. The highest BCUT2D eigenvalue weighted by Crippen LogP contribution is 2.03. The Balaban J connectivity index is 2.36. The van der Waals surface area contributed by atoms with Crippen LogP contribution in [0.25, 0.3) is 0 Å². The number of carbonyl (C=O) groups is 2. The van der Waals surface area contributed by atoms with Crippen molar-refractivity contribution in [2.75, 3.05) is 11.9 Å². The molecule has 0 bridgehead atoms. The van der Waals surface area contributed by atoms with Crippen LogP contribution in [0.4, 0.5) is 15.3 Å². The number of imide groups is 1. The smallest absolute Gasteiger partial charge is 0.327 e. The van der Waals surface area contributed by atoms with Gasteiger partial charge in [-0.1, -0.05) is 24.3 Å². The van der Waals surface area contributed by atoms with Gasteiger partial charge in [-0.15, -0.1) is 6.58 Å². The quantitative estimate of drug-likeness (QED) is 0.677. The second-order valence-corrected chi connectivity index (χ2v) is 2.94. The number of carbonyl (C=O) groups excluding carboxylic acids is 2. The van der Waals surface area contributed by atoms with E-state index in [1.165, 1.54) is 6.08 Å². The van der Waals surface area contributed by atoms with Crippen LogP contribution in [0.1, 0.15) is 0 Å². The molecular weight excluding hydrogens is 206 g/mol. The fraction of sp³-hybridized carbons (Fsp3) is 0.0909. The first-order chi connectivity index (χ1) is 7.72. The fourth-order valence-corrected chi connectivity index (χ4v) is 0.996. The van der Waals surface area contributed by atoms with Crippen molar-refractivity contribution in [1.82, 2.24) is 10.6 Å². The predicted molar refractivity (Wildman–Crippen MR) is 62.2 cm³/mol. The van der Waals surface area contributed by atoms with Gasteiger partial charge >= 0.3 is 12.1 Å². The minimum Gasteiger partial charge on any atom is -0.334 e. The van der Waals surface area contributed by atoms with E-state index in [4.69, 9.17) is 0 Å². The summed E-state index contributed by atoms with van der Waals surface area (Å²) < 4.78 is 0. The van der Waals surface area contributed by atoms with Crippen LogP contribution in [0.5, 0.6) is 0 Å². The molecule has 84 valence electrons. The third kappa shape index (κ3) is 4.28. The summed E-state index contributed by atoms with van der Waals surface area (Å²) in [4.78, 5) is 22.3. The molecule has 5 heteroatoms. The van der Waals surface area contributed by atoms with Crippen molar-refractivity contribution < 1.29 is 9.59 Å². The molecule has 0 saturated heterocycles. The molecule has 0 spiro atoms. The highest BCUT2D eigenvalue weighted by molar-refractivity contribution is 6.00. The molecule has 1 rings (SSSR count). The van der Waals surface area contributed by atoms with Gasteiger partial charge in [0.25, 0.3) is 0 Å². The maximum Gasteiger partial charge on any atom is 0.327 e. The molecule has 0 fully saturated rings. The Morgan fingerprint density at radius 3 is 2.50 bits per heavy atom. The van der Waals surface area contributed by atoms with E-state index in [9.17, 15) is 9.59 Å². The van der Waals surface area contributed by atoms with Crippen LogP contribution in [0.15, 0.2) is 43.0 Å². The topological polar surface area (TPSA) is 70.2 Å². The first-order valence-electron chi connectivity index (χ1n) is 4.74. The molecule has 5 nitrogen and oxygen atoms in total. The zero-order valence-corrected chi connectivity index (χ0v) is 8.69. The number of hydrogen-bond donors (Lipinski definition) is 3. The number of hydrogen-bond acceptors (Lipinski definition) is 2. The van der Waals surface area contributed by atoms with Crippen LogP contribution in [-0.4, -0.2) is 18.6 Å². The van der Waals surface area contributed by atoms with E-state index in [-0.39, 0.29) is 0 Å². The van der Waals surface area contributed by atoms with Crippen LogP contribution in [0.3, 0.4) is 0 Å². The molecule has 0 aliphatic heterocycles. The van der Waals surface area contributed by atoms with Crippen molar-refractivity contribution in [2.45, 2.75) is 0 Å². The van der Waals surface area contributed by atoms with Crippen LogP contribution in [-0.2, 0) is 0 Å². The van der Waals surface area contributed by atoms with Crippen LogP contribution in [0.2, 0.25) is 0 Å². The lowest BCUT2D eigenvalue weighted by atomic mass is 10.3. The second kappa shape index (κ2) is 6.23. The zero-order valence-electron chi connectivity index (χ0n) is 8.69. The maximum absolute atomic E-state index is 11.3. The van der Waals surface area contributed by atoms with E-state index in [1.807, 2.05) is 6.07 Å². The average Bonchev–Trinajstić information content (AvgIpc) is 2.27. The van der Waals surface area contributed by atoms with Gasteiger partial charge in [0.05, 0.1) is 0 Å². The van der Waals surface area contributed by atoms with Gasteiger partial charge in [-0.2, -0.15) is 0 Å². The first kappa shape index (κ1) is 11.8. The molecule has 0 aliphatic rings. The van der Waals surface area contributed by atoms with Crippen LogP contribution in [0, 0.1) is 0 Å². The van der Waals surface area contributed by atoms with Crippen molar-refractivity contribution >= 4 is 17.7 Å². The minimum absolute atomic E-state index is 0.310. The maximum atomic E-state index is 11.3. The van der Waals surface area contributed by atoms with E-state index in [1.54, 1.807) is 24.3 Å². The summed E-state index contributed by atoms with van der Waals surface area (Å²) in [5.74, 6) is 0. The molecule has 0 saturated carbocycles. The number of rotatable bonds is 3. The molecule has 4 amide bonds. The largest absolute Gasteiger partial charge is 0.334 e. The lowest BCUT2D eigenvalue weighted by Gasteiger charge is -2.06. The van der Waals surface area contributed by atoms with E-state index in [2.05, 4.69) is 22.5 Å². The van der Waals surface area contributed by atoms with E-state index in [0.717, 1.165) is 0 Å². The minimum atomic E-state index is -0.576. The first-order valence-corrected chi connectivity index (χ1v) is 4.74. The number of anilines is 1. The normalized spacial score (nSPS) is 9.00. The third-order valence-corrected chi connectivity index (χ3v) is 1.67. The molecule has 0 radical (unpaired) electrons. The zero-order chi connectivity index (χ0) is 11.8. The molecule has 1 aromatic rings. The van der Waals surface area contributed by atoms with E-state index >= 15 is 0 Å². The van der Waals surface area contributed by atoms with Crippen LogP contribution >= 0.6 is 0 Å². The number of urea groups is 2. The molecule has 1 aromatic carbocycles. The Morgan fingerprint density at radius 1 is 1.19 bits per heavy atom. The van der Waals surface area contributed by atoms with Crippen molar-refractivity contribution in [1.29, 1.82) is 0 Å². The van der Waals surface area contributed by atoms with Gasteiger partial charge in [-0.3, -0.25) is 5.32 Å². The monoisotopic (exact) mass is 219 g/mol. The predicted octanol–water partition coefficient (Wildman–Crippen LogP) is 1.70. The second-order valence-electron chi connectivity index (χ2n) is 2.94. The van der Waals surface area contributed by atoms with Gasteiger partial charge in [0.2, 0.25) is 0 Å². The van der Waals surface area contributed by atoms with Gasteiger partial charge in [0.15, 0.2) is 0 Å². The summed E-state index contributed by atoms with van der Waals surface area (Å²) in [7, 11) is 0. The van der Waals surface area contributed by atoms with Crippen molar-refractivity contribution in [2.24, 2.45) is 0 Å². The molecule has 0 aromatic heterocycles. The molecular formula is C11H13N3O2. The molecule has 0 aliphatic carbocycles. The molecule has 0 unspecified atom stereocenters. The molecule has 16 heavy (non-hydrogen) atoms. The van der Waals surface area contributed by atoms with Crippen LogP contribution < -0.4 is 16.0 Å². The van der Waals surface area contributed by atoms with Gasteiger partial charge < -0.3 is 10.6 Å². The van der Waals surface area contributed by atoms with Gasteiger partial charge in [-0.05, 0) is 12.1 Å². The summed E-state index contributed by atoms with van der Waals surface area (Å²) in [6.45, 7) is 3.75. The van der Waals surface area contributed by atoms with Crippen molar-refractivity contribution in [3.63, 3.8) is 0 Å². The van der Waals surface area contributed by atoms with E-state index in [0.29, 0.717) is 12.2 Å². The summed E-state index contributed by atoms with van der Waals surface area (Å²) >= 11 is 0. The highest BCUT2D eigenvalue weighted by Gasteiger charge is 2.05. The number of benzene rings is 1. The third-order valence-electron chi connectivity index (χ3n) is 1.67. The Labute approximate surface area is 93.5 Å². The Bertz CT molecular complexity index is 376. The summed E-state index contributed by atoms with van der Waals surface area (Å²) in [5, 5.41) is 7.05. The number of nitrogens with one attached hydrogen (secondary N) is 3. The number of amides is 4. The van der Waals surface area contributed by atoms with Crippen molar-refractivity contribution in [3.8, 4) is 0 Å². The Hall–Kier alpha value is -2.30. The fourth-order valence-electron chi connectivity index (χ4n) is 0.996. The SMILES string of the molecule is C=CCNC(=O)NC(=O)Nc1ccccc1. The van der Waals surface area contributed by atoms with E-state index < -0.39 is 12.1 Å². The Kier molecular flexibility index (Phi) is 4.59.